The van der Waals surface area contributed by atoms with Crippen molar-refractivity contribution in [2.24, 2.45) is 0 Å². The summed E-state index contributed by atoms with van der Waals surface area (Å²) in [7, 11) is 0. The summed E-state index contributed by atoms with van der Waals surface area (Å²) < 4.78 is 10.6. The number of terminal acetylenes is 1. The Bertz CT molecular complexity index is 595. The summed E-state index contributed by atoms with van der Waals surface area (Å²) in [5.74, 6) is 2.75. The Morgan fingerprint density at radius 1 is 1.47 bits per heavy atom. The molecule has 4 heteroatoms. The second-order valence-electron chi connectivity index (χ2n) is 3.97. The molecule has 0 saturated heterocycles. The predicted octanol–water partition coefficient (Wildman–Crippen LogP) is 2.90. The van der Waals surface area contributed by atoms with Crippen LogP contribution >= 0.6 is 0 Å². The van der Waals surface area contributed by atoms with E-state index < -0.39 is 12.1 Å². The van der Waals surface area contributed by atoms with Crippen molar-refractivity contribution >= 4 is 5.97 Å². The van der Waals surface area contributed by atoms with Crippen molar-refractivity contribution in [3.8, 4) is 12.3 Å². The van der Waals surface area contributed by atoms with Crippen LogP contribution in [0.2, 0.25) is 0 Å². The van der Waals surface area contributed by atoms with Crippen molar-refractivity contribution in [2.45, 2.75) is 19.4 Å². The Morgan fingerprint density at radius 3 is 2.89 bits per heavy atom. The standard InChI is InChI=1S/C15H13NO3/c1-3-6-13(12-7-4-5-10-16-12)19-15(17)14-9-8-11(2)18-14/h1,4-5,7-10,13H,6H2,2H3. The number of esters is 1. The monoisotopic (exact) mass is 255 g/mol. The third kappa shape index (κ3) is 3.23. The van der Waals surface area contributed by atoms with Gasteiger partial charge in [0.1, 0.15) is 5.76 Å². The smallest absolute Gasteiger partial charge is 0.374 e. The summed E-state index contributed by atoms with van der Waals surface area (Å²) in [6.45, 7) is 1.76. The van der Waals surface area contributed by atoms with Crippen molar-refractivity contribution in [1.82, 2.24) is 4.98 Å². The first-order valence-electron chi connectivity index (χ1n) is 5.82. The number of carbonyl (C=O) groups is 1. The first kappa shape index (κ1) is 12.9. The Balaban J connectivity index is 2.14. The third-order valence-corrected chi connectivity index (χ3v) is 2.51. The molecule has 2 aromatic heterocycles. The fourth-order valence-electron chi connectivity index (χ4n) is 1.61. The lowest BCUT2D eigenvalue weighted by Crippen LogP contribution is -2.12. The highest BCUT2D eigenvalue weighted by molar-refractivity contribution is 5.86. The average molecular weight is 255 g/mol. The molecule has 4 nitrogen and oxygen atoms in total. The Kier molecular flexibility index (Phi) is 3.99. The number of ether oxygens (including phenoxy) is 1. The first-order valence-corrected chi connectivity index (χ1v) is 5.82. The quantitative estimate of drug-likeness (QED) is 0.622. The van der Waals surface area contributed by atoms with Crippen LogP contribution in [0.15, 0.2) is 40.9 Å². The van der Waals surface area contributed by atoms with Crippen LogP contribution in [0.1, 0.15) is 34.5 Å². The molecule has 0 fully saturated rings. The SMILES string of the molecule is C#CCC(OC(=O)c1ccc(C)o1)c1ccccn1. The predicted molar refractivity (Wildman–Crippen MR) is 69.3 cm³/mol. The molecule has 2 rings (SSSR count). The second-order valence-corrected chi connectivity index (χ2v) is 3.97. The highest BCUT2D eigenvalue weighted by Crippen LogP contribution is 2.21. The van der Waals surface area contributed by atoms with Gasteiger partial charge >= 0.3 is 5.97 Å². The van der Waals surface area contributed by atoms with Crippen LogP contribution in [-0.2, 0) is 4.74 Å². The van der Waals surface area contributed by atoms with Crippen LogP contribution in [0, 0.1) is 19.3 Å². The molecule has 2 aromatic rings. The molecule has 0 spiro atoms. The molecule has 1 atom stereocenters. The van der Waals surface area contributed by atoms with Gasteiger partial charge in [-0.05, 0) is 31.2 Å². The van der Waals surface area contributed by atoms with Gasteiger partial charge in [0.2, 0.25) is 5.76 Å². The molecule has 0 bridgehead atoms. The van der Waals surface area contributed by atoms with E-state index in [-0.39, 0.29) is 12.2 Å². The molecule has 0 radical (unpaired) electrons. The number of nitrogens with zero attached hydrogens (tertiary/aromatic N) is 1. The lowest BCUT2D eigenvalue weighted by atomic mass is 10.2. The van der Waals surface area contributed by atoms with Crippen LogP contribution in [0.3, 0.4) is 0 Å². The fraction of sp³-hybridized carbons (Fsp3) is 0.200. The van der Waals surface area contributed by atoms with Gasteiger partial charge in [0, 0.05) is 6.20 Å². The second kappa shape index (κ2) is 5.87. The largest absolute Gasteiger partial charge is 0.454 e. The van der Waals surface area contributed by atoms with Crippen LogP contribution in [-0.4, -0.2) is 11.0 Å². The zero-order valence-electron chi connectivity index (χ0n) is 10.5. The topological polar surface area (TPSA) is 52.3 Å². The number of hydrogen-bond donors (Lipinski definition) is 0. The van der Waals surface area contributed by atoms with Gasteiger partial charge in [-0.15, -0.1) is 12.3 Å². The minimum atomic E-state index is -0.566. The highest BCUT2D eigenvalue weighted by atomic mass is 16.6. The fourth-order valence-corrected chi connectivity index (χ4v) is 1.61. The number of aromatic nitrogens is 1. The van der Waals surface area contributed by atoms with Gasteiger partial charge in [-0.3, -0.25) is 4.98 Å². The van der Waals surface area contributed by atoms with Gasteiger partial charge in [0.05, 0.1) is 12.1 Å². The Hall–Kier alpha value is -2.54. The van der Waals surface area contributed by atoms with Crippen molar-refractivity contribution in [3.05, 3.63) is 53.7 Å². The molecular weight excluding hydrogens is 242 g/mol. The maximum absolute atomic E-state index is 11.9. The molecule has 0 saturated carbocycles. The lowest BCUT2D eigenvalue weighted by molar-refractivity contribution is 0.0261. The average Bonchev–Trinajstić information content (AvgIpc) is 2.86. The van der Waals surface area contributed by atoms with Crippen LogP contribution in [0.4, 0.5) is 0 Å². The van der Waals surface area contributed by atoms with Crippen LogP contribution in [0.5, 0.6) is 0 Å². The molecule has 0 aromatic carbocycles. The molecule has 2 heterocycles. The van der Waals surface area contributed by atoms with Gasteiger partial charge in [-0.25, -0.2) is 4.79 Å². The van der Waals surface area contributed by atoms with E-state index in [1.807, 2.05) is 6.07 Å². The van der Waals surface area contributed by atoms with E-state index in [1.165, 1.54) is 0 Å². The zero-order valence-corrected chi connectivity index (χ0v) is 10.5. The summed E-state index contributed by atoms with van der Waals surface area (Å²) in [4.78, 5) is 16.1. The molecule has 96 valence electrons. The van der Waals surface area contributed by atoms with Gasteiger partial charge in [0.25, 0.3) is 0 Å². The summed E-state index contributed by atoms with van der Waals surface area (Å²) in [5.41, 5.74) is 0.622. The molecule has 1 unspecified atom stereocenters. The van der Waals surface area contributed by atoms with E-state index in [4.69, 9.17) is 15.6 Å². The number of hydrogen-bond acceptors (Lipinski definition) is 4. The van der Waals surface area contributed by atoms with Crippen molar-refractivity contribution < 1.29 is 13.9 Å². The summed E-state index contributed by atoms with van der Waals surface area (Å²) in [5, 5.41) is 0. The third-order valence-electron chi connectivity index (χ3n) is 2.51. The number of rotatable bonds is 4. The van der Waals surface area contributed by atoms with Crippen molar-refractivity contribution in [1.29, 1.82) is 0 Å². The molecule has 0 aliphatic rings. The first-order chi connectivity index (χ1) is 9.20. The normalized spacial score (nSPS) is 11.6. The minimum absolute atomic E-state index is 0.162. The number of aryl methyl sites for hydroxylation is 1. The maximum atomic E-state index is 11.9. The number of carbonyl (C=O) groups excluding carboxylic acids is 1. The van der Waals surface area contributed by atoms with Gasteiger partial charge < -0.3 is 9.15 Å². The Labute approximate surface area is 111 Å². The maximum Gasteiger partial charge on any atom is 0.374 e. The molecule has 0 aliphatic carbocycles. The summed E-state index contributed by atoms with van der Waals surface area (Å²) in [6.07, 6.45) is 6.62. The van der Waals surface area contributed by atoms with E-state index in [2.05, 4.69) is 10.9 Å². The Morgan fingerprint density at radius 2 is 2.32 bits per heavy atom. The van der Waals surface area contributed by atoms with E-state index in [9.17, 15) is 4.79 Å². The summed E-state index contributed by atoms with van der Waals surface area (Å²) in [6, 6.07) is 8.64. The van der Waals surface area contributed by atoms with Crippen LogP contribution < -0.4 is 0 Å². The molecular formula is C15H13NO3. The molecule has 0 aliphatic heterocycles. The molecule has 0 N–H and O–H groups in total. The van der Waals surface area contributed by atoms with E-state index in [0.29, 0.717) is 11.5 Å². The van der Waals surface area contributed by atoms with Gasteiger partial charge in [-0.2, -0.15) is 0 Å². The van der Waals surface area contributed by atoms with Crippen molar-refractivity contribution in [2.75, 3.05) is 0 Å². The van der Waals surface area contributed by atoms with Gasteiger partial charge in [-0.1, -0.05) is 6.07 Å². The lowest BCUT2D eigenvalue weighted by Gasteiger charge is -2.14. The highest BCUT2D eigenvalue weighted by Gasteiger charge is 2.20. The minimum Gasteiger partial charge on any atom is -0.454 e. The number of pyridine rings is 1. The van der Waals surface area contributed by atoms with E-state index in [1.54, 1.807) is 37.4 Å². The number of furan rings is 1. The van der Waals surface area contributed by atoms with E-state index >= 15 is 0 Å². The van der Waals surface area contributed by atoms with E-state index in [0.717, 1.165) is 0 Å². The summed E-state index contributed by atoms with van der Waals surface area (Å²) >= 11 is 0. The molecule has 19 heavy (non-hydrogen) atoms. The van der Waals surface area contributed by atoms with Crippen LogP contribution in [0.25, 0.3) is 0 Å². The van der Waals surface area contributed by atoms with Gasteiger partial charge in [0.15, 0.2) is 6.10 Å². The molecule has 0 amide bonds. The van der Waals surface area contributed by atoms with Crippen molar-refractivity contribution in [3.63, 3.8) is 0 Å². The zero-order chi connectivity index (χ0) is 13.7.